The summed E-state index contributed by atoms with van der Waals surface area (Å²) in [7, 11) is 0. The second kappa shape index (κ2) is 40.8. The van der Waals surface area contributed by atoms with Gasteiger partial charge in [0.25, 0.3) is 0 Å². The van der Waals surface area contributed by atoms with Crippen molar-refractivity contribution in [1.29, 1.82) is 0 Å². The molecule has 64 heavy (non-hydrogen) atoms. The largest absolute Gasteiger partial charge is 0.377 e. The predicted octanol–water partition coefficient (Wildman–Crippen LogP) is 18.3. The van der Waals surface area contributed by atoms with Gasteiger partial charge in [-0.1, -0.05) is 228 Å². The second-order valence-electron chi connectivity index (χ2n) is 18.3. The molecule has 0 fully saturated rings. The quantitative estimate of drug-likeness (QED) is 0.0325. The van der Waals surface area contributed by atoms with E-state index in [4.69, 9.17) is 9.47 Å². The maximum atomic E-state index is 6.21. The molecule has 0 aliphatic carbocycles. The van der Waals surface area contributed by atoms with Crippen molar-refractivity contribution in [2.24, 2.45) is 0 Å². The highest BCUT2D eigenvalue weighted by atomic mass is 16.5. The summed E-state index contributed by atoms with van der Waals surface area (Å²) in [6.45, 7) is 7.54. The molecule has 3 aromatic rings. The molecular formula is C62H90O2. The number of ether oxygens (including phenoxy) is 2. The molecule has 3 rings (SSSR count). The molecule has 0 saturated heterocycles. The summed E-state index contributed by atoms with van der Waals surface area (Å²) >= 11 is 0. The molecule has 0 saturated carbocycles. The zero-order valence-corrected chi connectivity index (χ0v) is 41.3. The van der Waals surface area contributed by atoms with Gasteiger partial charge in [-0.25, -0.2) is 0 Å². The van der Waals surface area contributed by atoms with Crippen LogP contribution < -0.4 is 0 Å². The van der Waals surface area contributed by atoms with E-state index in [9.17, 15) is 0 Å². The fourth-order valence-electron chi connectivity index (χ4n) is 8.52. The van der Waals surface area contributed by atoms with Crippen LogP contribution in [0.5, 0.6) is 0 Å². The maximum Gasteiger partial charge on any atom is 0.0722 e. The average Bonchev–Trinajstić information content (AvgIpc) is 3.31. The van der Waals surface area contributed by atoms with Crippen molar-refractivity contribution in [2.45, 2.75) is 245 Å². The molecule has 0 spiro atoms. The van der Waals surface area contributed by atoms with Crippen molar-refractivity contribution in [3.63, 3.8) is 0 Å². The second-order valence-corrected chi connectivity index (χ2v) is 18.3. The Kier molecular flexibility index (Phi) is 34.9. The lowest BCUT2D eigenvalue weighted by molar-refractivity contribution is 0.117. The molecule has 0 bridgehead atoms. The summed E-state index contributed by atoms with van der Waals surface area (Å²) in [5, 5.41) is 5.15. The van der Waals surface area contributed by atoms with Gasteiger partial charge < -0.3 is 9.47 Å². The fourth-order valence-corrected chi connectivity index (χ4v) is 8.52. The number of fused-ring (bicyclic) bond motifs is 2. The zero-order chi connectivity index (χ0) is 45.1. The van der Waals surface area contributed by atoms with Crippen molar-refractivity contribution in [3.05, 3.63) is 59.7 Å². The molecule has 2 nitrogen and oxygen atoms in total. The van der Waals surface area contributed by atoms with Crippen LogP contribution in [0.2, 0.25) is 0 Å². The minimum absolute atomic E-state index is 0.667. The standard InChI is InChI=1S/C62H90O2/c1-3-5-7-9-11-13-15-17-19-21-23-25-27-29-31-33-35-37-39-41-43-51-63-55-59-49-45-47-57-54-62-58(53-61(57)59)48-46-50-60(62)56-64-52-44-42-40-38-36-34-32-30-28-26-24-22-20-18-16-14-12-10-8-6-4-2/h45-50,53-54H,3-20,29-44,51-52,55-56H2,1-2H3. The number of unbranched alkanes of at least 4 members (excludes halogenated alkanes) is 30. The van der Waals surface area contributed by atoms with Gasteiger partial charge in [-0.2, -0.15) is 0 Å². The number of hydrogen-bond donors (Lipinski definition) is 0. The van der Waals surface area contributed by atoms with E-state index in [1.54, 1.807) is 0 Å². The third-order valence-corrected chi connectivity index (χ3v) is 12.5. The lowest BCUT2D eigenvalue weighted by Gasteiger charge is -2.12. The predicted molar refractivity (Wildman–Crippen MR) is 280 cm³/mol. The van der Waals surface area contributed by atoms with Crippen LogP contribution in [0.15, 0.2) is 48.5 Å². The molecule has 0 aromatic heterocycles. The lowest BCUT2D eigenvalue weighted by Crippen LogP contribution is -1.98. The molecule has 0 N–H and O–H groups in total. The Labute approximate surface area is 395 Å². The molecule has 0 aliphatic rings. The molecule has 0 aliphatic heterocycles. The Morgan fingerprint density at radius 2 is 0.609 bits per heavy atom. The van der Waals surface area contributed by atoms with E-state index in [-0.39, 0.29) is 0 Å². The Morgan fingerprint density at radius 1 is 0.328 bits per heavy atom. The van der Waals surface area contributed by atoms with Crippen molar-refractivity contribution in [3.8, 4) is 47.4 Å². The Morgan fingerprint density at radius 3 is 0.922 bits per heavy atom. The molecule has 0 radical (unpaired) electrons. The first-order chi connectivity index (χ1) is 31.8. The van der Waals surface area contributed by atoms with E-state index >= 15 is 0 Å². The summed E-state index contributed by atoms with van der Waals surface area (Å²) in [5.41, 5.74) is 2.55. The van der Waals surface area contributed by atoms with Crippen LogP contribution in [-0.4, -0.2) is 13.2 Å². The molecule has 0 amide bonds. The van der Waals surface area contributed by atoms with Crippen molar-refractivity contribution >= 4 is 21.5 Å². The molecule has 350 valence electrons. The highest BCUT2D eigenvalue weighted by Gasteiger charge is 2.08. The van der Waals surface area contributed by atoms with Crippen LogP contribution in [0.4, 0.5) is 0 Å². The molecule has 0 heterocycles. The average molecular weight is 867 g/mol. The van der Waals surface area contributed by atoms with E-state index in [0.717, 1.165) is 51.7 Å². The van der Waals surface area contributed by atoms with Gasteiger partial charge in [-0.05, 0) is 107 Å². The molecule has 3 aromatic carbocycles. The van der Waals surface area contributed by atoms with Crippen molar-refractivity contribution in [1.82, 2.24) is 0 Å². The fraction of sp³-hybridized carbons (Fsp3) is 0.645. The summed E-state index contributed by atoms with van der Waals surface area (Å²) < 4.78 is 12.4. The first-order valence-corrected chi connectivity index (χ1v) is 26.8. The van der Waals surface area contributed by atoms with E-state index < -0.39 is 0 Å². The maximum absolute atomic E-state index is 6.21. The minimum atomic E-state index is 0.667. The van der Waals surface area contributed by atoms with Crippen LogP contribution in [-0.2, 0) is 22.7 Å². The summed E-state index contributed by atoms with van der Waals surface area (Å²) in [5.74, 6) is 25.3. The van der Waals surface area contributed by atoms with Gasteiger partial charge in [0.2, 0.25) is 0 Å². The Hall–Kier alpha value is -3.66. The number of benzene rings is 3. The third-order valence-electron chi connectivity index (χ3n) is 12.5. The van der Waals surface area contributed by atoms with Crippen LogP contribution in [0, 0.1) is 47.4 Å². The van der Waals surface area contributed by atoms with E-state index in [1.807, 2.05) is 0 Å². The van der Waals surface area contributed by atoms with Gasteiger partial charge in [0.1, 0.15) is 0 Å². The number of hydrogen-bond acceptors (Lipinski definition) is 2. The highest BCUT2D eigenvalue weighted by Crippen LogP contribution is 2.29. The van der Waals surface area contributed by atoms with Gasteiger partial charge in [-0.15, -0.1) is 0 Å². The van der Waals surface area contributed by atoms with Gasteiger partial charge in [0.15, 0.2) is 0 Å². The van der Waals surface area contributed by atoms with Crippen molar-refractivity contribution in [2.75, 3.05) is 13.2 Å². The summed E-state index contributed by atoms with van der Waals surface area (Å²) in [6, 6.07) is 18.0. The lowest BCUT2D eigenvalue weighted by atomic mass is 9.97. The first-order valence-electron chi connectivity index (χ1n) is 26.8. The van der Waals surface area contributed by atoms with Crippen molar-refractivity contribution < 1.29 is 9.47 Å². The molecule has 2 heteroatoms. The van der Waals surface area contributed by atoms with Gasteiger partial charge in [0.05, 0.1) is 13.2 Å². The molecule has 0 unspecified atom stereocenters. The van der Waals surface area contributed by atoms with E-state index in [2.05, 4.69) is 110 Å². The monoisotopic (exact) mass is 867 g/mol. The van der Waals surface area contributed by atoms with Crippen LogP contribution in [0.1, 0.15) is 243 Å². The van der Waals surface area contributed by atoms with Gasteiger partial charge >= 0.3 is 0 Å². The summed E-state index contributed by atoms with van der Waals surface area (Å²) in [4.78, 5) is 0. The number of rotatable bonds is 38. The first kappa shape index (κ1) is 54.7. The summed E-state index contributed by atoms with van der Waals surface area (Å²) in [6.07, 6.45) is 43.1. The van der Waals surface area contributed by atoms with Gasteiger partial charge in [-0.3, -0.25) is 0 Å². The van der Waals surface area contributed by atoms with E-state index in [0.29, 0.717) is 13.2 Å². The minimum Gasteiger partial charge on any atom is -0.377 e. The molecular weight excluding hydrogens is 777 g/mol. The van der Waals surface area contributed by atoms with Crippen LogP contribution >= 0.6 is 0 Å². The molecule has 0 atom stereocenters. The third kappa shape index (κ3) is 28.3. The Bertz CT molecular complexity index is 1720. The van der Waals surface area contributed by atoms with Crippen LogP contribution in [0.25, 0.3) is 21.5 Å². The van der Waals surface area contributed by atoms with Crippen LogP contribution in [0.3, 0.4) is 0 Å². The van der Waals surface area contributed by atoms with E-state index in [1.165, 1.54) is 212 Å². The van der Waals surface area contributed by atoms with Gasteiger partial charge in [0, 0.05) is 38.9 Å². The highest BCUT2D eigenvalue weighted by molar-refractivity contribution is 6.00. The zero-order valence-electron chi connectivity index (χ0n) is 41.3. The smallest absolute Gasteiger partial charge is 0.0722 e. The Balaban J connectivity index is 1.17. The normalized spacial score (nSPS) is 10.8. The topological polar surface area (TPSA) is 18.5 Å². The SMILES string of the molecule is CCCCCCCCCCC#CC#CCCCCCCCCCOCc1cccc2cc3c(COCCCCCCCCCC#CC#CCCCCCCCCCC)cccc3cc12.